The zero-order chi connectivity index (χ0) is 15.2. The molecule has 1 aliphatic rings. The number of likely N-dealkylation sites (tertiary alicyclic amines) is 1. The minimum absolute atomic E-state index is 0.498. The van der Waals surface area contributed by atoms with Crippen LogP contribution in [-0.2, 0) is 4.79 Å². The summed E-state index contributed by atoms with van der Waals surface area (Å²) in [5.74, 6) is 0.0973. The smallest absolute Gasteiger partial charge is 0.346 e. The maximum atomic E-state index is 12.1. The van der Waals surface area contributed by atoms with Crippen molar-refractivity contribution in [3.63, 3.8) is 0 Å². The predicted molar refractivity (Wildman–Crippen MR) is 71.4 cm³/mol. The number of carbonyl (C=O) groups excluding carboxylic acids is 1. The van der Waals surface area contributed by atoms with E-state index in [-0.39, 0.29) is 0 Å². The average molecular weight is 295 g/mol. The lowest BCUT2D eigenvalue weighted by Gasteiger charge is -2.35. The molecular formula is C13H24F3N3O. The van der Waals surface area contributed by atoms with Crippen LogP contribution in [0.5, 0.6) is 0 Å². The molecule has 1 aliphatic heterocycles. The van der Waals surface area contributed by atoms with E-state index in [1.165, 1.54) is 0 Å². The van der Waals surface area contributed by atoms with Gasteiger partial charge in [0.15, 0.2) is 0 Å². The fraction of sp³-hybridized carbons (Fsp3) is 0.923. The van der Waals surface area contributed by atoms with Crippen molar-refractivity contribution in [2.75, 3.05) is 33.2 Å². The third-order valence-corrected chi connectivity index (χ3v) is 3.84. The third-order valence-electron chi connectivity index (χ3n) is 3.84. The molecular weight excluding hydrogens is 271 g/mol. The third kappa shape index (κ3) is 6.09. The molecule has 1 heterocycles. The van der Waals surface area contributed by atoms with Crippen molar-refractivity contribution in [3.8, 4) is 0 Å². The van der Waals surface area contributed by atoms with E-state index in [1.807, 2.05) is 17.3 Å². The van der Waals surface area contributed by atoms with Crippen molar-refractivity contribution in [2.24, 2.45) is 5.92 Å². The van der Waals surface area contributed by atoms with Gasteiger partial charge in [-0.05, 0) is 58.8 Å². The zero-order valence-corrected chi connectivity index (χ0v) is 12.1. The van der Waals surface area contributed by atoms with Crippen LogP contribution in [0.1, 0.15) is 26.2 Å². The number of hydrogen-bond donors (Lipinski definition) is 2. The molecule has 0 aliphatic carbocycles. The molecule has 0 aromatic rings. The molecule has 0 aromatic carbocycles. The van der Waals surface area contributed by atoms with Gasteiger partial charge in [0.1, 0.15) is 6.54 Å². The van der Waals surface area contributed by atoms with Gasteiger partial charge >= 0.3 is 6.18 Å². The molecule has 1 rings (SSSR count). The molecule has 4 nitrogen and oxygen atoms in total. The second kappa shape index (κ2) is 7.83. The highest BCUT2D eigenvalue weighted by Crippen LogP contribution is 2.21. The van der Waals surface area contributed by atoms with Crippen LogP contribution < -0.4 is 10.6 Å². The van der Waals surface area contributed by atoms with Crippen LogP contribution in [0.4, 0.5) is 13.2 Å². The Morgan fingerprint density at radius 1 is 1.35 bits per heavy atom. The van der Waals surface area contributed by atoms with Crippen LogP contribution in [-0.4, -0.2) is 56.3 Å². The van der Waals surface area contributed by atoms with Crippen molar-refractivity contribution in [1.82, 2.24) is 15.5 Å². The Hall–Kier alpha value is -0.820. The first kappa shape index (κ1) is 17.2. The van der Waals surface area contributed by atoms with Gasteiger partial charge in [-0.3, -0.25) is 9.69 Å². The van der Waals surface area contributed by atoms with Crippen LogP contribution in [0, 0.1) is 5.92 Å². The van der Waals surface area contributed by atoms with Gasteiger partial charge in [0.2, 0.25) is 5.91 Å². The van der Waals surface area contributed by atoms with Crippen LogP contribution in [0.3, 0.4) is 0 Å². The van der Waals surface area contributed by atoms with Gasteiger partial charge in [0.05, 0.1) is 6.04 Å². The molecule has 1 saturated heterocycles. The van der Waals surface area contributed by atoms with Crippen molar-refractivity contribution >= 4 is 5.91 Å². The molecule has 0 spiro atoms. The largest absolute Gasteiger partial charge is 0.405 e. The predicted octanol–water partition coefficient (Wildman–Crippen LogP) is 1.37. The first-order chi connectivity index (χ1) is 9.33. The van der Waals surface area contributed by atoms with Crippen LogP contribution in [0.15, 0.2) is 0 Å². The van der Waals surface area contributed by atoms with E-state index >= 15 is 0 Å². The molecule has 1 unspecified atom stereocenters. The standard InChI is InChI=1S/C13H24F3N3O/c1-10(12(20)18-9-13(14,15)16)19-7-4-11(5-8-19)3-6-17-2/h10-11,17H,3-9H2,1-2H3,(H,18,20). The fourth-order valence-corrected chi connectivity index (χ4v) is 2.48. The number of piperidine rings is 1. The summed E-state index contributed by atoms with van der Waals surface area (Å²) in [5, 5.41) is 5.06. The first-order valence-electron chi connectivity index (χ1n) is 7.06. The van der Waals surface area contributed by atoms with Crippen LogP contribution in [0.25, 0.3) is 0 Å². The summed E-state index contributed by atoms with van der Waals surface area (Å²) in [6.07, 6.45) is -1.24. The molecule has 2 N–H and O–H groups in total. The topological polar surface area (TPSA) is 44.4 Å². The molecule has 20 heavy (non-hydrogen) atoms. The van der Waals surface area contributed by atoms with Crippen molar-refractivity contribution < 1.29 is 18.0 Å². The maximum absolute atomic E-state index is 12.1. The number of halogens is 3. The quantitative estimate of drug-likeness (QED) is 0.778. The summed E-state index contributed by atoms with van der Waals surface area (Å²) in [5.41, 5.74) is 0. The Labute approximate surface area is 118 Å². The summed E-state index contributed by atoms with van der Waals surface area (Å²) < 4.78 is 36.2. The molecule has 1 fully saturated rings. The van der Waals surface area contributed by atoms with Gasteiger partial charge in [-0.25, -0.2) is 0 Å². The van der Waals surface area contributed by atoms with Gasteiger partial charge in [0, 0.05) is 0 Å². The normalized spacial score (nSPS) is 19.9. The van der Waals surface area contributed by atoms with E-state index in [4.69, 9.17) is 0 Å². The first-order valence-corrected chi connectivity index (χ1v) is 7.06. The average Bonchev–Trinajstić information content (AvgIpc) is 2.41. The summed E-state index contributed by atoms with van der Waals surface area (Å²) >= 11 is 0. The number of carbonyl (C=O) groups is 1. The summed E-state index contributed by atoms with van der Waals surface area (Å²) in [6.45, 7) is 2.94. The summed E-state index contributed by atoms with van der Waals surface area (Å²) in [7, 11) is 1.92. The van der Waals surface area contributed by atoms with Gasteiger partial charge in [-0.1, -0.05) is 0 Å². The van der Waals surface area contributed by atoms with Gasteiger partial charge in [0.25, 0.3) is 0 Å². The van der Waals surface area contributed by atoms with Crippen molar-refractivity contribution in [3.05, 3.63) is 0 Å². The number of alkyl halides is 3. The van der Waals surface area contributed by atoms with Crippen molar-refractivity contribution in [2.45, 2.75) is 38.4 Å². The number of rotatable bonds is 6. The lowest BCUT2D eigenvalue weighted by atomic mass is 9.93. The molecule has 0 radical (unpaired) electrons. The molecule has 7 heteroatoms. The Bertz CT molecular complexity index is 302. The maximum Gasteiger partial charge on any atom is 0.405 e. The van der Waals surface area contributed by atoms with E-state index < -0.39 is 24.7 Å². The lowest BCUT2D eigenvalue weighted by molar-refractivity contribution is -0.141. The van der Waals surface area contributed by atoms with E-state index in [0.29, 0.717) is 5.92 Å². The van der Waals surface area contributed by atoms with Gasteiger partial charge in [-0.2, -0.15) is 13.2 Å². The SMILES string of the molecule is CNCCC1CCN(C(C)C(=O)NCC(F)(F)F)CC1. The summed E-state index contributed by atoms with van der Waals surface area (Å²) in [6, 6.07) is -0.498. The number of nitrogens with zero attached hydrogens (tertiary/aromatic N) is 1. The molecule has 118 valence electrons. The van der Waals surface area contributed by atoms with Crippen LogP contribution in [0.2, 0.25) is 0 Å². The molecule has 1 atom stereocenters. The van der Waals surface area contributed by atoms with Crippen LogP contribution >= 0.6 is 0 Å². The lowest BCUT2D eigenvalue weighted by Crippen LogP contribution is -2.49. The minimum atomic E-state index is -4.35. The van der Waals surface area contributed by atoms with Gasteiger partial charge in [-0.15, -0.1) is 0 Å². The Kier molecular flexibility index (Phi) is 6.75. The molecule has 0 bridgehead atoms. The highest BCUT2D eigenvalue weighted by atomic mass is 19.4. The van der Waals surface area contributed by atoms with E-state index in [0.717, 1.165) is 38.9 Å². The summed E-state index contributed by atoms with van der Waals surface area (Å²) in [4.78, 5) is 13.6. The fourth-order valence-electron chi connectivity index (χ4n) is 2.48. The van der Waals surface area contributed by atoms with E-state index in [9.17, 15) is 18.0 Å². The Morgan fingerprint density at radius 3 is 2.45 bits per heavy atom. The monoisotopic (exact) mass is 295 g/mol. The number of amides is 1. The Balaban J connectivity index is 2.31. The zero-order valence-electron chi connectivity index (χ0n) is 12.1. The minimum Gasteiger partial charge on any atom is -0.346 e. The molecule has 0 aromatic heterocycles. The number of nitrogens with one attached hydrogen (secondary N) is 2. The van der Waals surface area contributed by atoms with Gasteiger partial charge < -0.3 is 10.6 Å². The van der Waals surface area contributed by atoms with Crippen molar-refractivity contribution in [1.29, 1.82) is 0 Å². The second-order valence-electron chi connectivity index (χ2n) is 5.38. The molecule has 1 amide bonds. The number of hydrogen-bond acceptors (Lipinski definition) is 3. The Morgan fingerprint density at radius 2 is 1.95 bits per heavy atom. The molecule has 0 saturated carbocycles. The van der Waals surface area contributed by atoms with E-state index in [2.05, 4.69) is 5.32 Å². The van der Waals surface area contributed by atoms with E-state index in [1.54, 1.807) is 6.92 Å². The highest BCUT2D eigenvalue weighted by molar-refractivity contribution is 5.81. The highest BCUT2D eigenvalue weighted by Gasteiger charge is 2.31. The second-order valence-corrected chi connectivity index (χ2v) is 5.38.